The molecule has 5 nitrogen and oxygen atoms in total. The van der Waals surface area contributed by atoms with Crippen LogP contribution in [0.3, 0.4) is 0 Å². The maximum Gasteiger partial charge on any atom is 0.317 e. The average Bonchev–Trinajstić information content (AvgIpc) is 2.19. The number of hydrogen-bond donors (Lipinski definition) is 2. The summed E-state index contributed by atoms with van der Waals surface area (Å²) >= 11 is 0. The summed E-state index contributed by atoms with van der Waals surface area (Å²) in [6.07, 6.45) is 1.18. The topological polar surface area (TPSA) is 75.6 Å². The van der Waals surface area contributed by atoms with Crippen molar-refractivity contribution in [3.8, 4) is 0 Å². The van der Waals surface area contributed by atoms with Crippen molar-refractivity contribution in [2.75, 3.05) is 19.7 Å². The third-order valence-corrected chi connectivity index (χ3v) is 1.56. The zero-order valence-electron chi connectivity index (χ0n) is 10.4. The fourth-order valence-electron chi connectivity index (χ4n) is 0.755. The smallest absolute Gasteiger partial charge is 0.317 e. The van der Waals surface area contributed by atoms with Gasteiger partial charge in [0.1, 0.15) is 6.42 Å². The van der Waals surface area contributed by atoms with Gasteiger partial charge in [0.05, 0.1) is 6.61 Å². The molecule has 0 rings (SSSR count). The first-order valence-corrected chi connectivity index (χ1v) is 5.66. The summed E-state index contributed by atoms with van der Waals surface area (Å²) in [5, 5.41) is 11.3. The number of hydrogen-bond acceptors (Lipinski definition) is 4. The Morgan fingerprint density at radius 3 is 2.06 bits per heavy atom. The minimum absolute atomic E-state index is 0.322. The quantitative estimate of drug-likeness (QED) is 0.395. The molecule has 0 aliphatic rings. The number of aliphatic carboxylic acids is 1. The van der Waals surface area contributed by atoms with Gasteiger partial charge in [-0.2, -0.15) is 0 Å². The van der Waals surface area contributed by atoms with Gasteiger partial charge in [-0.3, -0.25) is 9.59 Å². The molecule has 0 aromatic heterocycles. The summed E-state index contributed by atoms with van der Waals surface area (Å²) in [6, 6.07) is 0. The second-order valence-electron chi connectivity index (χ2n) is 3.10. The predicted octanol–water partition coefficient (Wildman–Crippen LogP) is 1.42. The Morgan fingerprint density at radius 2 is 1.75 bits per heavy atom. The van der Waals surface area contributed by atoms with Gasteiger partial charge < -0.3 is 15.2 Å². The van der Waals surface area contributed by atoms with E-state index in [0.29, 0.717) is 6.61 Å². The Labute approximate surface area is 97.2 Å². The molecule has 5 heteroatoms. The molecule has 0 atom stereocenters. The van der Waals surface area contributed by atoms with E-state index in [1.807, 2.05) is 6.92 Å². The van der Waals surface area contributed by atoms with Crippen LogP contribution in [0.2, 0.25) is 0 Å². The van der Waals surface area contributed by atoms with Crippen molar-refractivity contribution in [2.24, 2.45) is 0 Å². The first kappa shape index (κ1) is 17.3. The van der Waals surface area contributed by atoms with Crippen molar-refractivity contribution < 1.29 is 19.4 Å². The average molecular weight is 233 g/mol. The molecule has 0 heterocycles. The number of unbranched alkanes of at least 4 members (excludes halogenated alkanes) is 1. The first-order valence-electron chi connectivity index (χ1n) is 5.66. The lowest BCUT2D eigenvalue weighted by molar-refractivity contribution is -0.151. The van der Waals surface area contributed by atoms with E-state index in [1.165, 1.54) is 0 Å². The van der Waals surface area contributed by atoms with Gasteiger partial charge in [0, 0.05) is 0 Å². The Bertz CT molecular complexity index is 181. The predicted molar refractivity (Wildman–Crippen MR) is 62.3 cm³/mol. The third kappa shape index (κ3) is 18.6. The molecule has 0 unspecified atom stereocenters. The zero-order chi connectivity index (χ0) is 12.8. The minimum Gasteiger partial charge on any atom is -0.481 e. The van der Waals surface area contributed by atoms with Crippen LogP contribution >= 0.6 is 0 Å². The normalized spacial score (nSPS) is 8.94. The van der Waals surface area contributed by atoms with Crippen LogP contribution in [-0.2, 0) is 14.3 Å². The van der Waals surface area contributed by atoms with Crippen molar-refractivity contribution in [1.29, 1.82) is 0 Å². The van der Waals surface area contributed by atoms with E-state index >= 15 is 0 Å². The number of carboxylic acid groups (broad SMARTS) is 1. The molecule has 0 saturated heterocycles. The molecule has 96 valence electrons. The Kier molecular flexibility index (Phi) is 15.0. The highest BCUT2D eigenvalue weighted by Crippen LogP contribution is 1.91. The molecule has 0 radical (unpaired) electrons. The second kappa shape index (κ2) is 13.9. The van der Waals surface area contributed by atoms with E-state index in [2.05, 4.69) is 23.9 Å². The molecule has 0 aromatic carbocycles. The van der Waals surface area contributed by atoms with Gasteiger partial charge in [-0.1, -0.05) is 27.2 Å². The molecular weight excluding hydrogens is 210 g/mol. The number of esters is 1. The molecule has 0 aliphatic carbocycles. The monoisotopic (exact) mass is 233 g/mol. The summed E-state index contributed by atoms with van der Waals surface area (Å²) in [6.45, 7) is 8.67. The maximum absolute atomic E-state index is 10.5. The van der Waals surface area contributed by atoms with E-state index in [-0.39, 0.29) is 0 Å². The van der Waals surface area contributed by atoms with Crippen molar-refractivity contribution in [1.82, 2.24) is 5.32 Å². The summed E-state index contributed by atoms with van der Waals surface area (Å²) in [5.74, 6) is -1.81. The van der Waals surface area contributed by atoms with Gasteiger partial charge in [-0.05, 0) is 19.5 Å². The molecule has 0 bridgehead atoms. The Morgan fingerprint density at radius 1 is 1.19 bits per heavy atom. The summed E-state index contributed by atoms with van der Waals surface area (Å²) < 4.78 is 4.57. The van der Waals surface area contributed by atoms with Crippen LogP contribution in [0.4, 0.5) is 0 Å². The lowest BCUT2D eigenvalue weighted by atomic mass is 10.3. The van der Waals surface area contributed by atoms with E-state index in [9.17, 15) is 9.59 Å². The largest absolute Gasteiger partial charge is 0.481 e. The number of ether oxygens (including phenoxy) is 1. The Balaban J connectivity index is 0. The Hall–Kier alpha value is -1.10. The minimum atomic E-state index is -1.15. The zero-order valence-corrected chi connectivity index (χ0v) is 10.4. The molecule has 0 fully saturated rings. The summed E-state index contributed by atoms with van der Waals surface area (Å²) in [5.41, 5.74) is 0. The number of rotatable bonds is 7. The van der Waals surface area contributed by atoms with Crippen molar-refractivity contribution in [3.05, 3.63) is 0 Å². The molecule has 0 aliphatic heterocycles. The standard InChI is InChI=1S/C7H12O4.C4H11N/c1-2-3-4-11-7(10)5-6(8)9;1-3-5-4-2/h2-5H2,1H3,(H,8,9);5H,3-4H2,1-2H3. The fraction of sp³-hybridized carbons (Fsp3) is 0.818. The molecule has 2 N–H and O–H groups in total. The van der Waals surface area contributed by atoms with Crippen LogP contribution in [0.25, 0.3) is 0 Å². The third-order valence-electron chi connectivity index (χ3n) is 1.56. The van der Waals surface area contributed by atoms with Crippen LogP contribution in [0.15, 0.2) is 0 Å². The van der Waals surface area contributed by atoms with Crippen LogP contribution in [0.5, 0.6) is 0 Å². The van der Waals surface area contributed by atoms with Gasteiger partial charge in [0.25, 0.3) is 0 Å². The van der Waals surface area contributed by atoms with Crippen LogP contribution in [-0.4, -0.2) is 36.7 Å². The second-order valence-corrected chi connectivity index (χ2v) is 3.10. The SMILES string of the molecule is CCCCOC(=O)CC(=O)O.CCNCC. The van der Waals surface area contributed by atoms with Gasteiger partial charge in [0.15, 0.2) is 0 Å². The van der Waals surface area contributed by atoms with Crippen molar-refractivity contribution in [3.63, 3.8) is 0 Å². The number of carboxylic acids is 1. The molecular formula is C11H23NO4. The summed E-state index contributed by atoms with van der Waals surface area (Å²) in [4.78, 5) is 20.5. The number of nitrogens with one attached hydrogen (secondary N) is 1. The van der Waals surface area contributed by atoms with Crippen LogP contribution < -0.4 is 5.32 Å². The van der Waals surface area contributed by atoms with Gasteiger partial charge in [0.2, 0.25) is 0 Å². The van der Waals surface area contributed by atoms with Gasteiger partial charge in [-0.15, -0.1) is 0 Å². The summed E-state index contributed by atoms with van der Waals surface area (Å²) in [7, 11) is 0. The number of carbonyl (C=O) groups excluding carboxylic acids is 1. The molecule has 0 saturated carbocycles. The molecule has 0 spiro atoms. The lowest BCUT2D eigenvalue weighted by Gasteiger charge is -1.99. The number of carbonyl (C=O) groups is 2. The first-order chi connectivity index (χ1) is 7.58. The highest BCUT2D eigenvalue weighted by atomic mass is 16.5. The van der Waals surface area contributed by atoms with Crippen LogP contribution in [0.1, 0.15) is 40.0 Å². The van der Waals surface area contributed by atoms with Gasteiger partial charge >= 0.3 is 11.9 Å². The highest BCUT2D eigenvalue weighted by Gasteiger charge is 2.07. The molecule has 0 amide bonds. The fourth-order valence-corrected chi connectivity index (χ4v) is 0.755. The van der Waals surface area contributed by atoms with E-state index in [0.717, 1.165) is 25.9 Å². The van der Waals surface area contributed by atoms with E-state index in [4.69, 9.17) is 5.11 Å². The van der Waals surface area contributed by atoms with Gasteiger partial charge in [-0.25, -0.2) is 0 Å². The lowest BCUT2D eigenvalue weighted by Crippen LogP contribution is -2.10. The van der Waals surface area contributed by atoms with E-state index in [1.54, 1.807) is 0 Å². The molecule has 16 heavy (non-hydrogen) atoms. The van der Waals surface area contributed by atoms with Crippen molar-refractivity contribution in [2.45, 2.75) is 40.0 Å². The maximum atomic E-state index is 10.5. The molecule has 0 aromatic rings. The van der Waals surface area contributed by atoms with Crippen molar-refractivity contribution >= 4 is 11.9 Å². The van der Waals surface area contributed by atoms with Crippen LogP contribution in [0, 0.1) is 0 Å². The highest BCUT2D eigenvalue weighted by molar-refractivity contribution is 5.90. The van der Waals surface area contributed by atoms with E-state index < -0.39 is 18.4 Å².